The lowest BCUT2D eigenvalue weighted by molar-refractivity contribution is -0.145. The van der Waals surface area contributed by atoms with E-state index in [1.54, 1.807) is 0 Å². The summed E-state index contributed by atoms with van der Waals surface area (Å²) in [6.45, 7) is 9.98. The summed E-state index contributed by atoms with van der Waals surface area (Å²) >= 11 is 0. The molecular formula is C26H50O4. The Hall–Kier alpha value is -1.06. The largest absolute Gasteiger partial charge is 0.466 e. The zero-order valence-electron chi connectivity index (χ0n) is 20.5. The third-order valence-electron chi connectivity index (χ3n) is 6.14. The molecule has 0 heterocycles. The first-order valence-corrected chi connectivity index (χ1v) is 12.9. The van der Waals surface area contributed by atoms with Gasteiger partial charge in [-0.05, 0) is 37.5 Å². The number of hydrogen-bond donors (Lipinski definition) is 0. The predicted octanol–water partition coefficient (Wildman–Crippen LogP) is 7.63. The van der Waals surface area contributed by atoms with Crippen LogP contribution in [0.1, 0.15) is 130 Å². The molecule has 30 heavy (non-hydrogen) atoms. The van der Waals surface area contributed by atoms with Gasteiger partial charge in [0.05, 0.1) is 13.2 Å². The molecule has 0 radical (unpaired) electrons. The molecule has 0 saturated carbocycles. The number of rotatable bonds is 21. The number of carbonyl (C=O) groups is 2. The van der Waals surface area contributed by atoms with Crippen molar-refractivity contribution in [1.29, 1.82) is 0 Å². The molecule has 0 fully saturated rings. The second-order valence-electron chi connectivity index (χ2n) is 8.77. The first-order chi connectivity index (χ1) is 14.6. The molecule has 178 valence electrons. The molecule has 0 aromatic rings. The first kappa shape index (κ1) is 28.9. The molecule has 0 spiro atoms. The van der Waals surface area contributed by atoms with E-state index in [4.69, 9.17) is 9.47 Å². The summed E-state index contributed by atoms with van der Waals surface area (Å²) in [6.07, 6.45) is 16.4. The van der Waals surface area contributed by atoms with E-state index >= 15 is 0 Å². The molecule has 0 rings (SSSR count). The normalized spacial score (nSPS) is 13.1. The number of hydrogen-bond acceptors (Lipinski definition) is 4. The summed E-state index contributed by atoms with van der Waals surface area (Å²) < 4.78 is 10.7. The Labute approximate surface area is 186 Å². The highest BCUT2D eigenvalue weighted by Gasteiger charge is 2.09. The van der Waals surface area contributed by atoms with Crippen molar-refractivity contribution in [3.63, 3.8) is 0 Å². The lowest BCUT2D eigenvalue weighted by atomic mass is 9.98. The van der Waals surface area contributed by atoms with Gasteiger partial charge in [-0.3, -0.25) is 9.59 Å². The molecule has 0 bridgehead atoms. The molecule has 0 saturated heterocycles. The summed E-state index contributed by atoms with van der Waals surface area (Å²) in [7, 11) is 0. The Morgan fingerprint density at radius 2 is 0.933 bits per heavy atom. The van der Waals surface area contributed by atoms with Crippen molar-refractivity contribution in [2.45, 2.75) is 130 Å². The van der Waals surface area contributed by atoms with Crippen LogP contribution in [0.2, 0.25) is 0 Å². The zero-order valence-corrected chi connectivity index (χ0v) is 20.5. The Morgan fingerprint density at radius 3 is 1.27 bits per heavy atom. The minimum atomic E-state index is -0.0478. The van der Waals surface area contributed by atoms with Gasteiger partial charge in [-0.1, -0.05) is 91.9 Å². The highest BCUT2D eigenvalue weighted by molar-refractivity contribution is 5.69. The minimum absolute atomic E-state index is 0.0478. The van der Waals surface area contributed by atoms with Gasteiger partial charge in [0.15, 0.2) is 0 Å². The van der Waals surface area contributed by atoms with Gasteiger partial charge >= 0.3 is 11.9 Å². The van der Waals surface area contributed by atoms with Crippen LogP contribution in [0.25, 0.3) is 0 Å². The van der Waals surface area contributed by atoms with E-state index in [-0.39, 0.29) is 11.9 Å². The summed E-state index contributed by atoms with van der Waals surface area (Å²) in [4.78, 5) is 23.6. The third kappa shape index (κ3) is 17.8. The van der Waals surface area contributed by atoms with Gasteiger partial charge in [-0.25, -0.2) is 0 Å². The Balaban J connectivity index is 3.48. The van der Waals surface area contributed by atoms with E-state index in [1.807, 2.05) is 0 Å². The summed E-state index contributed by atoms with van der Waals surface area (Å²) in [5.74, 6) is 1.28. The number of carbonyl (C=O) groups excluding carboxylic acids is 2. The van der Waals surface area contributed by atoms with Crippen LogP contribution in [-0.4, -0.2) is 25.2 Å². The monoisotopic (exact) mass is 426 g/mol. The fourth-order valence-electron chi connectivity index (χ4n) is 3.99. The van der Waals surface area contributed by atoms with Crippen LogP contribution in [0.15, 0.2) is 0 Å². The molecule has 2 atom stereocenters. The van der Waals surface area contributed by atoms with Gasteiger partial charge in [0.2, 0.25) is 0 Å². The van der Waals surface area contributed by atoms with Crippen molar-refractivity contribution >= 4 is 11.9 Å². The number of ether oxygens (including phenoxy) is 2. The van der Waals surface area contributed by atoms with Crippen molar-refractivity contribution in [3.8, 4) is 0 Å². The molecule has 0 aliphatic heterocycles. The van der Waals surface area contributed by atoms with Crippen molar-refractivity contribution in [1.82, 2.24) is 0 Å². The lowest BCUT2D eigenvalue weighted by Crippen LogP contribution is -2.10. The van der Waals surface area contributed by atoms with Crippen molar-refractivity contribution in [2.75, 3.05) is 13.2 Å². The predicted molar refractivity (Wildman–Crippen MR) is 125 cm³/mol. The molecule has 0 aromatic heterocycles. The fourth-order valence-corrected chi connectivity index (χ4v) is 3.99. The van der Waals surface area contributed by atoms with Crippen LogP contribution < -0.4 is 0 Å². The minimum Gasteiger partial charge on any atom is -0.466 e. The van der Waals surface area contributed by atoms with Crippen LogP contribution in [0.4, 0.5) is 0 Å². The SMILES string of the molecule is CCCC(CC)CCOC(=O)CCCCCCCCC(=O)OCCC(CC)CCC. The van der Waals surface area contributed by atoms with Crippen LogP contribution in [-0.2, 0) is 19.1 Å². The Bertz CT molecular complexity index is 370. The fraction of sp³-hybridized carbons (Fsp3) is 0.923. The van der Waals surface area contributed by atoms with Crippen LogP contribution in [0.3, 0.4) is 0 Å². The maximum Gasteiger partial charge on any atom is 0.305 e. The van der Waals surface area contributed by atoms with Crippen LogP contribution >= 0.6 is 0 Å². The number of unbranched alkanes of at least 4 members (excludes halogenated alkanes) is 5. The van der Waals surface area contributed by atoms with Crippen molar-refractivity contribution < 1.29 is 19.1 Å². The second-order valence-corrected chi connectivity index (χ2v) is 8.77. The molecule has 0 aliphatic carbocycles. The molecule has 4 heteroatoms. The molecule has 2 unspecified atom stereocenters. The van der Waals surface area contributed by atoms with E-state index in [9.17, 15) is 9.59 Å². The summed E-state index contributed by atoms with van der Waals surface area (Å²) in [5, 5.41) is 0. The Kier molecular flexibility index (Phi) is 20.4. The third-order valence-corrected chi connectivity index (χ3v) is 6.14. The average molecular weight is 427 g/mol. The highest BCUT2D eigenvalue weighted by atomic mass is 16.5. The van der Waals surface area contributed by atoms with Gasteiger partial charge in [0.1, 0.15) is 0 Å². The quantitative estimate of drug-likeness (QED) is 0.140. The molecule has 0 amide bonds. The average Bonchev–Trinajstić information content (AvgIpc) is 2.74. The second kappa shape index (κ2) is 21.2. The summed E-state index contributed by atoms with van der Waals surface area (Å²) in [5.41, 5.74) is 0. The van der Waals surface area contributed by atoms with E-state index in [2.05, 4.69) is 27.7 Å². The van der Waals surface area contributed by atoms with E-state index in [1.165, 1.54) is 38.5 Å². The molecule has 4 nitrogen and oxygen atoms in total. The van der Waals surface area contributed by atoms with Gasteiger partial charge in [0, 0.05) is 12.8 Å². The number of esters is 2. The van der Waals surface area contributed by atoms with Crippen LogP contribution in [0, 0.1) is 11.8 Å². The van der Waals surface area contributed by atoms with Crippen molar-refractivity contribution in [3.05, 3.63) is 0 Å². The maximum atomic E-state index is 11.8. The standard InChI is InChI=1S/C26H50O4/c1-5-15-23(7-3)19-21-29-25(27)17-13-11-9-10-12-14-18-26(28)30-22-20-24(8-4)16-6-2/h23-24H,5-22H2,1-4H3. The topological polar surface area (TPSA) is 52.6 Å². The molecule has 0 aromatic carbocycles. The Morgan fingerprint density at radius 1 is 0.567 bits per heavy atom. The first-order valence-electron chi connectivity index (χ1n) is 12.9. The van der Waals surface area contributed by atoms with E-state index in [0.717, 1.165) is 51.4 Å². The molecule has 0 aliphatic rings. The maximum absolute atomic E-state index is 11.8. The zero-order chi connectivity index (χ0) is 22.5. The van der Waals surface area contributed by atoms with E-state index < -0.39 is 0 Å². The van der Waals surface area contributed by atoms with Gasteiger partial charge in [-0.15, -0.1) is 0 Å². The van der Waals surface area contributed by atoms with Gasteiger partial charge in [0.25, 0.3) is 0 Å². The van der Waals surface area contributed by atoms with Crippen molar-refractivity contribution in [2.24, 2.45) is 11.8 Å². The smallest absolute Gasteiger partial charge is 0.305 e. The van der Waals surface area contributed by atoms with Gasteiger partial charge in [-0.2, -0.15) is 0 Å². The highest BCUT2D eigenvalue weighted by Crippen LogP contribution is 2.16. The lowest BCUT2D eigenvalue weighted by Gasteiger charge is -2.13. The van der Waals surface area contributed by atoms with Gasteiger partial charge < -0.3 is 9.47 Å². The van der Waals surface area contributed by atoms with Crippen LogP contribution in [0.5, 0.6) is 0 Å². The molecular weight excluding hydrogens is 376 g/mol. The summed E-state index contributed by atoms with van der Waals surface area (Å²) in [6, 6.07) is 0. The van der Waals surface area contributed by atoms with E-state index in [0.29, 0.717) is 37.9 Å². The molecule has 0 N–H and O–H groups in total.